The zero-order chi connectivity index (χ0) is 13.7. The summed E-state index contributed by atoms with van der Waals surface area (Å²) >= 11 is 0. The molecule has 2 aliphatic rings. The average molecular weight is 288 g/mol. The number of likely N-dealkylation sites (tertiary alicyclic amines) is 1. The SMILES string of the molecule is CCCS(=O)(=O)N1CCC[C@@H](N2CCCCCC2)C1. The molecule has 4 nitrogen and oxygen atoms in total. The Labute approximate surface area is 118 Å². The first kappa shape index (κ1) is 15.3. The lowest BCUT2D eigenvalue weighted by Crippen LogP contribution is -2.50. The van der Waals surface area contributed by atoms with Crippen LogP contribution in [0.2, 0.25) is 0 Å². The van der Waals surface area contributed by atoms with Crippen molar-refractivity contribution in [2.75, 3.05) is 31.9 Å². The van der Waals surface area contributed by atoms with Gasteiger partial charge in [0.15, 0.2) is 0 Å². The molecule has 19 heavy (non-hydrogen) atoms. The number of hydrogen-bond donors (Lipinski definition) is 0. The molecule has 0 aromatic carbocycles. The highest BCUT2D eigenvalue weighted by Crippen LogP contribution is 2.22. The van der Waals surface area contributed by atoms with E-state index in [1.54, 1.807) is 4.31 Å². The maximum Gasteiger partial charge on any atom is 0.214 e. The van der Waals surface area contributed by atoms with Crippen molar-refractivity contribution in [2.24, 2.45) is 0 Å². The van der Waals surface area contributed by atoms with Crippen LogP contribution in [-0.2, 0) is 10.0 Å². The van der Waals surface area contributed by atoms with Gasteiger partial charge in [-0.25, -0.2) is 12.7 Å². The second-order valence-corrected chi connectivity index (χ2v) is 8.01. The summed E-state index contributed by atoms with van der Waals surface area (Å²) in [5, 5.41) is 0. The summed E-state index contributed by atoms with van der Waals surface area (Å²) in [6.45, 7) is 5.71. The number of hydrogen-bond acceptors (Lipinski definition) is 3. The van der Waals surface area contributed by atoms with Gasteiger partial charge in [-0.2, -0.15) is 0 Å². The molecule has 112 valence electrons. The van der Waals surface area contributed by atoms with Crippen LogP contribution in [0.4, 0.5) is 0 Å². The summed E-state index contributed by atoms with van der Waals surface area (Å²) in [6, 6.07) is 0.457. The van der Waals surface area contributed by atoms with Gasteiger partial charge in [0.05, 0.1) is 5.75 Å². The predicted molar refractivity (Wildman–Crippen MR) is 78.7 cm³/mol. The van der Waals surface area contributed by atoms with Gasteiger partial charge >= 0.3 is 0 Å². The van der Waals surface area contributed by atoms with E-state index in [4.69, 9.17) is 0 Å². The summed E-state index contributed by atoms with van der Waals surface area (Å²) in [4.78, 5) is 2.54. The van der Waals surface area contributed by atoms with E-state index in [1.807, 2.05) is 6.92 Å². The van der Waals surface area contributed by atoms with Crippen LogP contribution >= 0.6 is 0 Å². The van der Waals surface area contributed by atoms with Gasteiger partial charge in [0.2, 0.25) is 10.0 Å². The first-order chi connectivity index (χ1) is 9.13. The van der Waals surface area contributed by atoms with Crippen molar-refractivity contribution < 1.29 is 8.42 Å². The molecule has 0 unspecified atom stereocenters. The third kappa shape index (κ3) is 4.17. The quantitative estimate of drug-likeness (QED) is 0.795. The first-order valence-corrected chi connectivity index (χ1v) is 9.46. The number of piperidine rings is 1. The summed E-state index contributed by atoms with van der Waals surface area (Å²) < 4.78 is 26.1. The number of rotatable bonds is 4. The van der Waals surface area contributed by atoms with Gasteiger partial charge in [-0.05, 0) is 45.2 Å². The third-order valence-corrected chi connectivity index (χ3v) is 6.41. The fourth-order valence-corrected chi connectivity index (χ4v) is 4.90. The van der Waals surface area contributed by atoms with Crippen molar-refractivity contribution in [3.8, 4) is 0 Å². The molecule has 2 aliphatic heterocycles. The minimum atomic E-state index is -3.01. The zero-order valence-corrected chi connectivity index (χ0v) is 13.0. The van der Waals surface area contributed by atoms with Gasteiger partial charge in [0.1, 0.15) is 0 Å². The summed E-state index contributed by atoms with van der Waals surface area (Å²) in [5.74, 6) is 0.305. The van der Waals surface area contributed by atoms with Crippen LogP contribution in [0.1, 0.15) is 51.9 Å². The van der Waals surface area contributed by atoms with Crippen molar-refractivity contribution in [3.05, 3.63) is 0 Å². The van der Waals surface area contributed by atoms with E-state index in [1.165, 1.54) is 25.7 Å². The van der Waals surface area contributed by atoms with Crippen LogP contribution in [0, 0.1) is 0 Å². The normalized spacial score (nSPS) is 28.2. The number of nitrogens with zero attached hydrogens (tertiary/aromatic N) is 2. The van der Waals surface area contributed by atoms with Crippen molar-refractivity contribution >= 4 is 10.0 Å². The Morgan fingerprint density at radius 2 is 1.68 bits per heavy atom. The van der Waals surface area contributed by atoms with Crippen LogP contribution in [0.5, 0.6) is 0 Å². The molecule has 2 rings (SSSR count). The Balaban J connectivity index is 1.96. The lowest BCUT2D eigenvalue weighted by Gasteiger charge is -2.38. The molecule has 0 aliphatic carbocycles. The van der Waals surface area contributed by atoms with Crippen LogP contribution in [0.15, 0.2) is 0 Å². The molecular weight excluding hydrogens is 260 g/mol. The van der Waals surface area contributed by atoms with Crippen molar-refractivity contribution in [1.82, 2.24) is 9.21 Å². The van der Waals surface area contributed by atoms with Crippen LogP contribution in [0.3, 0.4) is 0 Å². The molecule has 2 saturated heterocycles. The van der Waals surface area contributed by atoms with Gasteiger partial charge in [0.25, 0.3) is 0 Å². The Bertz CT molecular complexity index is 362. The second-order valence-electron chi connectivity index (χ2n) is 5.92. The lowest BCUT2D eigenvalue weighted by molar-refractivity contribution is 0.139. The summed E-state index contributed by atoms with van der Waals surface area (Å²) in [7, 11) is -3.01. The molecule has 0 amide bonds. The molecule has 0 bridgehead atoms. The maximum absolute atomic E-state index is 12.2. The second kappa shape index (κ2) is 7.04. The van der Waals surface area contributed by atoms with E-state index in [2.05, 4.69) is 4.90 Å². The largest absolute Gasteiger partial charge is 0.299 e. The summed E-state index contributed by atoms with van der Waals surface area (Å²) in [5.41, 5.74) is 0. The Morgan fingerprint density at radius 3 is 2.32 bits per heavy atom. The van der Waals surface area contributed by atoms with E-state index < -0.39 is 10.0 Å². The van der Waals surface area contributed by atoms with Crippen molar-refractivity contribution in [1.29, 1.82) is 0 Å². The topological polar surface area (TPSA) is 40.6 Å². The fourth-order valence-electron chi connectivity index (χ4n) is 3.32. The van der Waals surface area contributed by atoms with Crippen LogP contribution < -0.4 is 0 Å². The molecule has 0 aromatic heterocycles. The monoisotopic (exact) mass is 288 g/mol. The van der Waals surface area contributed by atoms with E-state index in [9.17, 15) is 8.42 Å². The van der Waals surface area contributed by atoms with Gasteiger partial charge in [-0.1, -0.05) is 19.8 Å². The van der Waals surface area contributed by atoms with E-state index >= 15 is 0 Å². The highest BCUT2D eigenvalue weighted by molar-refractivity contribution is 7.89. The predicted octanol–water partition coefficient (Wildman–Crippen LogP) is 2.07. The zero-order valence-electron chi connectivity index (χ0n) is 12.2. The molecule has 0 spiro atoms. The molecule has 5 heteroatoms. The molecule has 2 fully saturated rings. The van der Waals surface area contributed by atoms with Crippen LogP contribution in [0.25, 0.3) is 0 Å². The first-order valence-electron chi connectivity index (χ1n) is 7.85. The van der Waals surface area contributed by atoms with E-state index in [0.717, 1.165) is 39.0 Å². The highest BCUT2D eigenvalue weighted by atomic mass is 32.2. The Hall–Kier alpha value is -0.130. The molecule has 0 aromatic rings. The van der Waals surface area contributed by atoms with Gasteiger partial charge in [-0.3, -0.25) is 4.90 Å². The van der Waals surface area contributed by atoms with Gasteiger partial charge in [0, 0.05) is 19.1 Å². The minimum absolute atomic E-state index is 0.305. The van der Waals surface area contributed by atoms with Crippen LogP contribution in [-0.4, -0.2) is 55.6 Å². The average Bonchev–Trinajstić information content (AvgIpc) is 2.68. The number of sulfonamides is 1. The van der Waals surface area contributed by atoms with E-state index in [-0.39, 0.29) is 0 Å². The van der Waals surface area contributed by atoms with Crippen molar-refractivity contribution in [2.45, 2.75) is 57.9 Å². The Kier molecular flexibility index (Phi) is 5.66. The molecule has 0 radical (unpaired) electrons. The molecule has 0 N–H and O–H groups in total. The summed E-state index contributed by atoms with van der Waals surface area (Å²) in [6.07, 6.45) is 8.12. The maximum atomic E-state index is 12.2. The lowest BCUT2D eigenvalue weighted by atomic mass is 10.1. The Morgan fingerprint density at radius 1 is 1.00 bits per heavy atom. The highest BCUT2D eigenvalue weighted by Gasteiger charge is 2.31. The molecule has 0 saturated carbocycles. The van der Waals surface area contributed by atoms with Crippen molar-refractivity contribution in [3.63, 3.8) is 0 Å². The molecule has 2 heterocycles. The van der Waals surface area contributed by atoms with E-state index in [0.29, 0.717) is 18.2 Å². The van der Waals surface area contributed by atoms with Gasteiger partial charge < -0.3 is 0 Å². The molecule has 1 atom stereocenters. The molecular formula is C14H28N2O2S. The van der Waals surface area contributed by atoms with Gasteiger partial charge in [-0.15, -0.1) is 0 Å². The smallest absolute Gasteiger partial charge is 0.214 e. The standard InChI is InChI=1S/C14H28N2O2S/c1-2-12-19(17,18)16-11-7-8-14(13-16)15-9-5-3-4-6-10-15/h14H,2-13H2,1H3/t14-/m1/s1. The minimum Gasteiger partial charge on any atom is -0.299 e. The fraction of sp³-hybridized carbons (Fsp3) is 1.00. The third-order valence-electron chi connectivity index (χ3n) is 4.37.